The number of carbonyl (C=O) groups excluding carboxylic acids is 2. The number of hydrogen-bond acceptors (Lipinski definition) is 5. The van der Waals surface area contributed by atoms with E-state index in [1.165, 1.54) is 18.7 Å². The van der Waals surface area contributed by atoms with Gasteiger partial charge in [0.15, 0.2) is 5.78 Å². The number of methoxy groups -OCH3 is 1. The zero-order valence-electron chi connectivity index (χ0n) is 15.9. The second kappa shape index (κ2) is 7.60. The number of fused-ring (bicyclic) bond motifs is 1. The van der Waals surface area contributed by atoms with Crippen LogP contribution >= 0.6 is 0 Å². The molecule has 2 aromatic carbocycles. The van der Waals surface area contributed by atoms with Gasteiger partial charge in [-0.05, 0) is 35.8 Å². The number of Topliss-reactive ketones (excluding diaryl/α,β-unsaturated/α-hetero) is 1. The van der Waals surface area contributed by atoms with Crippen LogP contribution in [0.25, 0.3) is 6.08 Å². The van der Waals surface area contributed by atoms with Crippen molar-refractivity contribution in [3.63, 3.8) is 0 Å². The molecule has 4 rings (SSSR count). The maximum atomic E-state index is 12.7. The molecular formula is C23H23NO4. The van der Waals surface area contributed by atoms with Gasteiger partial charge >= 0.3 is 5.97 Å². The van der Waals surface area contributed by atoms with Crippen LogP contribution in [0.15, 0.2) is 54.6 Å². The second-order valence-electron chi connectivity index (χ2n) is 7.44. The molecule has 0 aliphatic carbocycles. The maximum absolute atomic E-state index is 12.7. The lowest BCUT2D eigenvalue weighted by Crippen LogP contribution is -2.67. The Morgan fingerprint density at radius 3 is 2.75 bits per heavy atom. The Bertz CT molecular complexity index is 913. The number of likely N-dealkylation sites (tertiary alicyclic amines) is 1. The summed E-state index contributed by atoms with van der Waals surface area (Å²) in [4.78, 5) is 26.3. The van der Waals surface area contributed by atoms with Crippen LogP contribution in [-0.4, -0.2) is 49.0 Å². The van der Waals surface area contributed by atoms with Crippen molar-refractivity contribution >= 4 is 17.8 Å². The standard InChI is InChI=1S/C23H23NO4/c1-27-22(26)10-8-18-7-9-21-19(13-18)20(25)14-23(28-21)15-24(16-23)12-11-17-5-3-2-4-6-17/h2-10,13H,11-12,14-16H2,1H3/b10-8+. The van der Waals surface area contributed by atoms with Gasteiger partial charge in [-0.25, -0.2) is 4.79 Å². The van der Waals surface area contributed by atoms with Gasteiger partial charge in [-0.2, -0.15) is 0 Å². The molecule has 0 amide bonds. The Kier molecular flexibility index (Phi) is 5.01. The Hall–Kier alpha value is -2.92. The molecule has 0 N–H and O–H groups in total. The predicted octanol–water partition coefficient (Wildman–Crippen LogP) is 3.14. The second-order valence-corrected chi connectivity index (χ2v) is 7.44. The fraction of sp³-hybridized carbons (Fsp3) is 0.304. The van der Waals surface area contributed by atoms with Crippen LogP contribution in [0.4, 0.5) is 0 Å². The molecule has 144 valence electrons. The lowest BCUT2D eigenvalue weighted by atomic mass is 9.83. The van der Waals surface area contributed by atoms with E-state index in [0.29, 0.717) is 17.7 Å². The summed E-state index contributed by atoms with van der Waals surface area (Å²) in [5, 5.41) is 0. The van der Waals surface area contributed by atoms with Crippen LogP contribution in [-0.2, 0) is 16.0 Å². The monoisotopic (exact) mass is 377 g/mol. The Morgan fingerprint density at radius 2 is 2.00 bits per heavy atom. The van der Waals surface area contributed by atoms with Crippen LogP contribution in [0.5, 0.6) is 5.75 Å². The van der Waals surface area contributed by atoms with Gasteiger partial charge in [0.1, 0.15) is 11.4 Å². The zero-order chi connectivity index (χ0) is 19.6. The number of ether oxygens (including phenoxy) is 2. The first kappa shape index (κ1) is 18.4. The van der Waals surface area contributed by atoms with Gasteiger partial charge in [-0.15, -0.1) is 0 Å². The van der Waals surface area contributed by atoms with Gasteiger partial charge in [-0.1, -0.05) is 36.4 Å². The number of benzene rings is 2. The first-order valence-electron chi connectivity index (χ1n) is 9.45. The Labute approximate surface area is 164 Å². The maximum Gasteiger partial charge on any atom is 0.330 e. The number of nitrogens with zero attached hydrogens (tertiary/aromatic N) is 1. The average molecular weight is 377 g/mol. The molecule has 1 saturated heterocycles. The van der Waals surface area contributed by atoms with Crippen molar-refractivity contribution < 1.29 is 19.1 Å². The van der Waals surface area contributed by atoms with Crippen LogP contribution in [0.3, 0.4) is 0 Å². The minimum atomic E-state index is -0.427. The summed E-state index contributed by atoms with van der Waals surface area (Å²) in [6.07, 6.45) is 4.37. The quantitative estimate of drug-likeness (QED) is 0.592. The molecule has 1 spiro atoms. The Morgan fingerprint density at radius 1 is 1.21 bits per heavy atom. The molecule has 0 bridgehead atoms. The summed E-state index contributed by atoms with van der Waals surface area (Å²) in [6, 6.07) is 15.8. The lowest BCUT2D eigenvalue weighted by molar-refractivity contribution is -0.134. The summed E-state index contributed by atoms with van der Waals surface area (Å²) in [7, 11) is 1.33. The highest BCUT2D eigenvalue weighted by molar-refractivity contribution is 6.01. The molecule has 0 radical (unpaired) electrons. The Balaban J connectivity index is 1.38. The SMILES string of the molecule is COC(=O)/C=C/c1ccc2c(c1)C(=O)CC1(CN(CCc3ccccc3)C1)O2. The topological polar surface area (TPSA) is 55.8 Å². The summed E-state index contributed by atoms with van der Waals surface area (Å²) in [6.45, 7) is 2.51. The van der Waals surface area contributed by atoms with E-state index < -0.39 is 11.6 Å². The van der Waals surface area contributed by atoms with Crippen LogP contribution in [0, 0.1) is 0 Å². The van der Waals surface area contributed by atoms with Gasteiger partial charge in [0.2, 0.25) is 0 Å². The van der Waals surface area contributed by atoms with Crippen molar-refractivity contribution in [2.45, 2.75) is 18.4 Å². The minimum Gasteiger partial charge on any atom is -0.483 e. The largest absolute Gasteiger partial charge is 0.483 e. The number of rotatable bonds is 5. The van der Waals surface area contributed by atoms with Gasteiger partial charge in [0.05, 0.1) is 19.1 Å². The molecular weight excluding hydrogens is 354 g/mol. The molecule has 0 atom stereocenters. The van der Waals surface area contributed by atoms with Crippen LogP contribution < -0.4 is 4.74 Å². The van der Waals surface area contributed by atoms with Crippen molar-refractivity contribution in [2.24, 2.45) is 0 Å². The normalized spacial score (nSPS) is 17.8. The molecule has 5 heteroatoms. The summed E-state index contributed by atoms with van der Waals surface area (Å²) < 4.78 is 10.8. The fourth-order valence-corrected chi connectivity index (χ4v) is 3.88. The third-order valence-corrected chi connectivity index (χ3v) is 5.31. The number of ketones is 1. The molecule has 0 unspecified atom stereocenters. The minimum absolute atomic E-state index is 0.0947. The first-order valence-corrected chi connectivity index (χ1v) is 9.45. The molecule has 2 aliphatic heterocycles. The summed E-state index contributed by atoms with van der Waals surface area (Å²) in [5.41, 5.74) is 2.28. The summed E-state index contributed by atoms with van der Waals surface area (Å²) in [5.74, 6) is 0.302. The number of esters is 1. The van der Waals surface area contributed by atoms with Gasteiger partial charge in [0.25, 0.3) is 0 Å². The molecule has 2 heterocycles. The predicted molar refractivity (Wildman–Crippen MR) is 106 cm³/mol. The third-order valence-electron chi connectivity index (χ3n) is 5.31. The highest BCUT2D eigenvalue weighted by Crippen LogP contribution is 2.39. The molecule has 2 aromatic rings. The number of carbonyl (C=O) groups is 2. The van der Waals surface area contributed by atoms with Crippen molar-refractivity contribution in [1.29, 1.82) is 0 Å². The molecule has 0 saturated carbocycles. The van der Waals surface area contributed by atoms with Crippen LogP contribution in [0.2, 0.25) is 0 Å². The van der Waals surface area contributed by atoms with E-state index in [0.717, 1.165) is 31.6 Å². The molecule has 28 heavy (non-hydrogen) atoms. The third kappa shape index (κ3) is 3.85. The smallest absolute Gasteiger partial charge is 0.330 e. The summed E-state index contributed by atoms with van der Waals surface area (Å²) >= 11 is 0. The van der Waals surface area contributed by atoms with Crippen molar-refractivity contribution in [3.8, 4) is 5.75 Å². The van der Waals surface area contributed by atoms with E-state index in [1.807, 2.05) is 18.2 Å². The molecule has 1 fully saturated rings. The van der Waals surface area contributed by atoms with Crippen molar-refractivity contribution in [3.05, 3.63) is 71.3 Å². The van der Waals surface area contributed by atoms with E-state index >= 15 is 0 Å². The van der Waals surface area contributed by atoms with Gasteiger partial charge < -0.3 is 9.47 Å². The average Bonchev–Trinajstić information content (AvgIpc) is 2.69. The van der Waals surface area contributed by atoms with Gasteiger partial charge in [-0.3, -0.25) is 9.69 Å². The van der Waals surface area contributed by atoms with Crippen molar-refractivity contribution in [1.82, 2.24) is 4.90 Å². The van der Waals surface area contributed by atoms with Gasteiger partial charge in [0, 0.05) is 25.7 Å². The number of hydrogen-bond donors (Lipinski definition) is 0. The molecule has 0 aromatic heterocycles. The van der Waals surface area contributed by atoms with E-state index in [1.54, 1.807) is 12.1 Å². The zero-order valence-corrected chi connectivity index (χ0v) is 15.9. The fourth-order valence-electron chi connectivity index (χ4n) is 3.88. The first-order chi connectivity index (χ1) is 13.6. The van der Waals surface area contributed by atoms with E-state index in [4.69, 9.17) is 4.74 Å². The van der Waals surface area contributed by atoms with E-state index in [9.17, 15) is 9.59 Å². The highest BCUT2D eigenvalue weighted by Gasteiger charge is 2.49. The van der Waals surface area contributed by atoms with Crippen LogP contribution in [0.1, 0.15) is 27.9 Å². The lowest BCUT2D eigenvalue weighted by Gasteiger charge is -2.51. The highest BCUT2D eigenvalue weighted by atomic mass is 16.5. The van der Waals surface area contributed by atoms with Crippen molar-refractivity contribution in [2.75, 3.05) is 26.7 Å². The van der Waals surface area contributed by atoms with E-state index in [2.05, 4.69) is 33.9 Å². The van der Waals surface area contributed by atoms with E-state index in [-0.39, 0.29) is 5.78 Å². The molecule has 2 aliphatic rings. The molecule has 5 nitrogen and oxygen atoms in total.